The van der Waals surface area contributed by atoms with Gasteiger partial charge >= 0.3 is 6.18 Å². The number of benzene rings is 1. The Balaban J connectivity index is 2.10. The first kappa shape index (κ1) is 22.2. The quantitative estimate of drug-likeness (QED) is 0.512. The summed E-state index contributed by atoms with van der Waals surface area (Å²) in [6, 6.07) is 3.44. The van der Waals surface area contributed by atoms with Crippen LogP contribution in [0.25, 0.3) is 0 Å². The van der Waals surface area contributed by atoms with Crippen LogP contribution in [0.15, 0.2) is 46.2 Å². The van der Waals surface area contributed by atoms with Crippen molar-refractivity contribution >= 4 is 35.1 Å². The molecular weight excluding hydrogens is 447 g/mol. The molecule has 0 spiro atoms. The Labute approximate surface area is 176 Å². The summed E-state index contributed by atoms with van der Waals surface area (Å²) in [5.74, 6) is -3.65. The highest BCUT2D eigenvalue weighted by atomic mass is 32.2. The summed E-state index contributed by atoms with van der Waals surface area (Å²) in [6.07, 6.45) is -2.13. The van der Waals surface area contributed by atoms with Crippen molar-refractivity contribution < 1.29 is 26.7 Å². The average Bonchev–Trinajstić information content (AvgIpc) is 2.98. The smallest absolute Gasteiger partial charge is 0.384 e. The normalized spacial score (nSPS) is 17.0. The van der Waals surface area contributed by atoms with Crippen LogP contribution in [0.1, 0.15) is 16.5 Å². The minimum Gasteiger partial charge on any atom is -0.384 e. The maximum absolute atomic E-state index is 14.9. The number of thioether (sulfide) groups is 2. The molecule has 2 aromatic rings. The van der Waals surface area contributed by atoms with Crippen LogP contribution in [0.2, 0.25) is 0 Å². The molecule has 0 saturated heterocycles. The molecule has 1 aliphatic heterocycles. The van der Waals surface area contributed by atoms with Crippen LogP contribution < -0.4 is 16.4 Å². The van der Waals surface area contributed by atoms with E-state index in [2.05, 4.69) is 4.98 Å². The van der Waals surface area contributed by atoms with Gasteiger partial charge < -0.3 is 16.4 Å². The second kappa shape index (κ2) is 8.34. The highest BCUT2D eigenvalue weighted by Gasteiger charge is 2.38. The Morgan fingerprint density at radius 2 is 1.97 bits per heavy atom. The van der Waals surface area contributed by atoms with Crippen LogP contribution in [-0.2, 0) is 4.79 Å². The molecule has 4 N–H and O–H groups in total. The number of nitrogens with two attached hydrogens (primary N) is 2. The van der Waals surface area contributed by atoms with Gasteiger partial charge in [-0.1, -0.05) is 11.8 Å². The number of carbonyl (C=O) groups is 1. The lowest BCUT2D eigenvalue weighted by Gasteiger charge is -2.28. The van der Waals surface area contributed by atoms with Crippen molar-refractivity contribution in [2.24, 2.45) is 11.5 Å². The molecule has 0 aliphatic carbocycles. The van der Waals surface area contributed by atoms with Gasteiger partial charge in [-0.3, -0.25) is 9.78 Å². The number of carbonyl (C=O) groups excluding carboxylic acids is 1. The van der Waals surface area contributed by atoms with Crippen LogP contribution in [0, 0.1) is 18.6 Å². The zero-order chi connectivity index (χ0) is 22.2. The fourth-order valence-corrected chi connectivity index (χ4v) is 4.78. The first-order valence-electron chi connectivity index (χ1n) is 8.33. The fourth-order valence-electron chi connectivity index (χ4n) is 2.82. The van der Waals surface area contributed by atoms with Gasteiger partial charge in [0.25, 0.3) is 5.91 Å². The predicted molar refractivity (Wildman–Crippen MR) is 105 cm³/mol. The van der Waals surface area contributed by atoms with Crippen LogP contribution in [0.3, 0.4) is 0 Å². The van der Waals surface area contributed by atoms with Gasteiger partial charge in [-0.15, -0.1) is 11.8 Å². The molecule has 5 nitrogen and oxygen atoms in total. The molecule has 0 fully saturated rings. The molecule has 30 heavy (non-hydrogen) atoms. The number of primary amides is 1. The highest BCUT2D eigenvalue weighted by molar-refractivity contribution is 8.04. The summed E-state index contributed by atoms with van der Waals surface area (Å²) in [7, 11) is 0. The highest BCUT2D eigenvalue weighted by Crippen LogP contribution is 2.49. The SMILES string of the molecule is Cc1cc(F)c(N2C(N)=C(C(N)=O)SC2c2cncc(F)c2)cc1SCC(F)(F)F. The molecule has 160 valence electrons. The van der Waals surface area contributed by atoms with E-state index in [0.29, 0.717) is 17.3 Å². The zero-order valence-electron chi connectivity index (χ0n) is 15.3. The number of nitrogens with zero attached hydrogens (tertiary/aromatic N) is 2. The third-order valence-electron chi connectivity index (χ3n) is 4.09. The van der Waals surface area contributed by atoms with E-state index in [1.54, 1.807) is 0 Å². The van der Waals surface area contributed by atoms with Crippen LogP contribution in [-0.4, -0.2) is 22.8 Å². The second-order valence-corrected chi connectivity index (χ2v) is 8.44. The van der Waals surface area contributed by atoms with E-state index in [0.717, 1.165) is 30.1 Å². The van der Waals surface area contributed by atoms with E-state index in [1.165, 1.54) is 24.1 Å². The van der Waals surface area contributed by atoms with Crippen molar-refractivity contribution in [1.29, 1.82) is 0 Å². The minimum atomic E-state index is -4.41. The van der Waals surface area contributed by atoms with Gasteiger partial charge in [0, 0.05) is 16.7 Å². The van der Waals surface area contributed by atoms with Crippen molar-refractivity contribution in [3.05, 3.63) is 64.1 Å². The third-order valence-corrected chi connectivity index (χ3v) is 6.66. The molecule has 0 radical (unpaired) electrons. The number of halogens is 5. The number of hydrogen-bond donors (Lipinski definition) is 2. The van der Waals surface area contributed by atoms with E-state index >= 15 is 0 Å². The van der Waals surface area contributed by atoms with E-state index < -0.39 is 34.8 Å². The molecule has 1 unspecified atom stereocenters. The Morgan fingerprint density at radius 1 is 1.27 bits per heavy atom. The van der Waals surface area contributed by atoms with Crippen molar-refractivity contribution in [2.75, 3.05) is 10.7 Å². The van der Waals surface area contributed by atoms with Gasteiger partial charge in [0.1, 0.15) is 27.7 Å². The van der Waals surface area contributed by atoms with Crippen molar-refractivity contribution in [1.82, 2.24) is 4.98 Å². The van der Waals surface area contributed by atoms with Crippen molar-refractivity contribution in [3.8, 4) is 0 Å². The molecule has 1 aromatic carbocycles. The summed E-state index contributed by atoms with van der Waals surface area (Å²) in [4.78, 5) is 16.8. The molecule has 1 aromatic heterocycles. The number of amides is 1. The average molecular weight is 462 g/mol. The Bertz CT molecular complexity index is 1030. The van der Waals surface area contributed by atoms with Gasteiger partial charge in [-0.25, -0.2) is 8.78 Å². The summed E-state index contributed by atoms with van der Waals surface area (Å²) in [5.41, 5.74) is 11.8. The lowest BCUT2D eigenvalue weighted by atomic mass is 10.1. The van der Waals surface area contributed by atoms with E-state index in [1.807, 2.05) is 0 Å². The van der Waals surface area contributed by atoms with Gasteiger partial charge in [0.2, 0.25) is 0 Å². The fraction of sp³-hybridized carbons (Fsp3) is 0.222. The van der Waals surface area contributed by atoms with E-state index in [-0.39, 0.29) is 26.9 Å². The van der Waals surface area contributed by atoms with Gasteiger partial charge in [-0.2, -0.15) is 13.2 Å². The van der Waals surface area contributed by atoms with Crippen LogP contribution in [0.5, 0.6) is 0 Å². The summed E-state index contributed by atoms with van der Waals surface area (Å²) in [6.45, 7) is 1.48. The second-order valence-electron chi connectivity index (χ2n) is 6.33. The zero-order valence-corrected chi connectivity index (χ0v) is 17.0. The van der Waals surface area contributed by atoms with E-state index in [4.69, 9.17) is 11.5 Å². The largest absolute Gasteiger partial charge is 0.398 e. The van der Waals surface area contributed by atoms with Crippen LogP contribution in [0.4, 0.5) is 27.6 Å². The van der Waals surface area contributed by atoms with Gasteiger partial charge in [-0.05, 0) is 30.7 Å². The molecule has 0 bridgehead atoms. The Morgan fingerprint density at radius 3 is 2.57 bits per heavy atom. The Kier molecular flexibility index (Phi) is 6.18. The maximum atomic E-state index is 14.9. The lowest BCUT2D eigenvalue weighted by Crippen LogP contribution is -2.28. The number of pyridine rings is 1. The molecular formula is C18H15F5N4OS2. The minimum absolute atomic E-state index is 0.0752. The molecule has 1 amide bonds. The third kappa shape index (κ3) is 4.64. The molecule has 0 saturated carbocycles. The number of alkyl halides is 3. The number of rotatable bonds is 5. The summed E-state index contributed by atoms with van der Waals surface area (Å²) < 4.78 is 66.5. The first-order valence-corrected chi connectivity index (χ1v) is 10.2. The van der Waals surface area contributed by atoms with Gasteiger partial charge in [0.05, 0.1) is 17.6 Å². The van der Waals surface area contributed by atoms with Crippen molar-refractivity contribution in [3.63, 3.8) is 0 Å². The number of aromatic nitrogens is 1. The lowest BCUT2D eigenvalue weighted by molar-refractivity contribution is -0.114. The molecule has 12 heteroatoms. The standard InChI is InChI=1S/C18H15F5N4OS2/c1-8-2-11(20)12(4-13(8)29-7-18(21,22)23)27-15(24)14(16(25)28)30-17(27)9-3-10(19)6-26-5-9/h2-6,17H,7,24H2,1H3,(H2,25,28). The summed E-state index contributed by atoms with van der Waals surface area (Å²) in [5, 5.41) is -0.895. The molecule has 1 atom stereocenters. The number of hydrogen-bond acceptors (Lipinski definition) is 6. The van der Waals surface area contributed by atoms with E-state index in [9.17, 15) is 26.7 Å². The Hall–Kier alpha value is -2.47. The molecule has 3 rings (SSSR count). The molecule has 2 heterocycles. The van der Waals surface area contributed by atoms with Crippen LogP contribution >= 0.6 is 23.5 Å². The van der Waals surface area contributed by atoms with Gasteiger partial charge in [0.15, 0.2) is 0 Å². The van der Waals surface area contributed by atoms with Crippen molar-refractivity contribution in [2.45, 2.75) is 23.4 Å². The summed E-state index contributed by atoms with van der Waals surface area (Å²) >= 11 is 1.37. The monoisotopic (exact) mass is 462 g/mol. The number of anilines is 1. The first-order chi connectivity index (χ1) is 14.0. The maximum Gasteiger partial charge on any atom is 0.398 e. The molecule has 1 aliphatic rings. The predicted octanol–water partition coefficient (Wildman–Crippen LogP) is 4.19. The number of aryl methyl sites for hydroxylation is 1. The topological polar surface area (TPSA) is 85.2 Å².